The van der Waals surface area contributed by atoms with Crippen molar-refractivity contribution in [2.45, 2.75) is 18.2 Å². The van der Waals surface area contributed by atoms with Gasteiger partial charge in [-0.05, 0) is 18.2 Å². The van der Waals surface area contributed by atoms with Crippen LogP contribution in [0.2, 0.25) is 10.0 Å². The van der Waals surface area contributed by atoms with Crippen LogP contribution in [-0.2, 0) is 14.6 Å². The number of aliphatic imine (C=N–C) groups is 1. The summed E-state index contributed by atoms with van der Waals surface area (Å²) in [6, 6.07) is 4.67. The minimum Gasteiger partial charge on any atom is -0.314 e. The van der Waals surface area contributed by atoms with Crippen LogP contribution >= 0.6 is 35.0 Å². The summed E-state index contributed by atoms with van der Waals surface area (Å²) in [5, 5.41) is 1.24. The van der Waals surface area contributed by atoms with E-state index in [1.807, 2.05) is 0 Å². The summed E-state index contributed by atoms with van der Waals surface area (Å²) < 4.78 is 23.8. The lowest BCUT2D eigenvalue weighted by atomic mass is 10.2. The van der Waals surface area contributed by atoms with Crippen LogP contribution in [0.1, 0.15) is 6.92 Å². The third kappa shape index (κ3) is 2.99. The molecule has 2 heterocycles. The number of benzene rings is 1. The topological polar surface area (TPSA) is 66.8 Å². The quantitative estimate of drug-likeness (QED) is 0.751. The van der Waals surface area contributed by atoms with Gasteiger partial charge in [-0.2, -0.15) is 4.99 Å². The first-order valence-electron chi connectivity index (χ1n) is 6.47. The maximum Gasteiger partial charge on any atom is 0.244 e. The Morgan fingerprint density at radius 2 is 2.09 bits per heavy atom. The van der Waals surface area contributed by atoms with Crippen LogP contribution < -0.4 is 4.90 Å². The van der Waals surface area contributed by atoms with E-state index in [2.05, 4.69) is 4.99 Å². The number of anilines is 1. The monoisotopic (exact) mass is 378 g/mol. The van der Waals surface area contributed by atoms with E-state index in [-0.39, 0.29) is 28.7 Å². The average molecular weight is 379 g/mol. The van der Waals surface area contributed by atoms with Gasteiger partial charge in [0.05, 0.1) is 28.3 Å². The smallest absolute Gasteiger partial charge is 0.244 e. The van der Waals surface area contributed by atoms with E-state index in [9.17, 15) is 13.2 Å². The lowest BCUT2D eigenvalue weighted by Crippen LogP contribution is -2.37. The normalized spacial score (nSPS) is 28.1. The number of amidine groups is 1. The Balaban J connectivity index is 2.10. The first-order valence-corrected chi connectivity index (χ1v) is 9.93. The molecule has 9 heteroatoms. The minimum atomic E-state index is -3.10. The number of hydrogen-bond acceptors (Lipinski definition) is 4. The maximum atomic E-state index is 11.9. The van der Waals surface area contributed by atoms with E-state index in [1.165, 1.54) is 18.7 Å². The molecule has 2 atom stereocenters. The van der Waals surface area contributed by atoms with Crippen molar-refractivity contribution in [1.82, 2.24) is 0 Å². The van der Waals surface area contributed by atoms with E-state index in [0.29, 0.717) is 20.9 Å². The molecule has 0 saturated carbocycles. The highest BCUT2D eigenvalue weighted by Gasteiger charge is 2.49. The second-order valence-electron chi connectivity index (χ2n) is 5.18. The Kier molecular flexibility index (Phi) is 4.18. The van der Waals surface area contributed by atoms with Gasteiger partial charge in [-0.25, -0.2) is 8.42 Å². The molecular weight excluding hydrogens is 367 g/mol. The summed E-state index contributed by atoms with van der Waals surface area (Å²) in [6.45, 7) is 1.36. The molecule has 1 aromatic rings. The van der Waals surface area contributed by atoms with E-state index in [1.54, 1.807) is 23.1 Å². The van der Waals surface area contributed by atoms with Crippen LogP contribution in [0.5, 0.6) is 0 Å². The number of thioether (sulfide) groups is 1. The molecule has 2 fully saturated rings. The number of fused-ring (bicyclic) bond motifs is 1. The van der Waals surface area contributed by atoms with Gasteiger partial charge in [0, 0.05) is 17.2 Å². The van der Waals surface area contributed by atoms with Crippen molar-refractivity contribution in [1.29, 1.82) is 0 Å². The Hall–Kier alpha value is -0.760. The van der Waals surface area contributed by atoms with Gasteiger partial charge in [0.1, 0.15) is 0 Å². The summed E-state index contributed by atoms with van der Waals surface area (Å²) in [4.78, 5) is 17.1. The zero-order valence-electron chi connectivity index (χ0n) is 11.5. The number of sulfone groups is 1. The Morgan fingerprint density at radius 1 is 1.36 bits per heavy atom. The number of carbonyl (C=O) groups is 1. The van der Waals surface area contributed by atoms with Crippen LogP contribution in [0.4, 0.5) is 5.69 Å². The molecule has 3 rings (SSSR count). The predicted molar refractivity (Wildman–Crippen MR) is 90.9 cm³/mol. The van der Waals surface area contributed by atoms with E-state index < -0.39 is 9.84 Å². The number of amides is 1. The van der Waals surface area contributed by atoms with Crippen molar-refractivity contribution in [3.8, 4) is 0 Å². The fourth-order valence-electron chi connectivity index (χ4n) is 2.65. The van der Waals surface area contributed by atoms with Crippen LogP contribution in [-0.4, -0.2) is 42.3 Å². The fourth-order valence-corrected chi connectivity index (χ4v) is 6.98. The van der Waals surface area contributed by atoms with Crippen molar-refractivity contribution in [3.05, 3.63) is 28.2 Å². The summed E-state index contributed by atoms with van der Waals surface area (Å²) in [7, 11) is -3.10. The Labute approximate surface area is 142 Å². The molecule has 1 aromatic carbocycles. The average Bonchev–Trinajstić information content (AvgIpc) is 2.83. The molecule has 0 N–H and O–H groups in total. The molecule has 0 radical (unpaired) electrons. The lowest BCUT2D eigenvalue weighted by Gasteiger charge is -2.25. The standard InChI is InChI=1S/C13H12Cl2N2O3S2/c1-7(18)16-13-17(10-4-8(14)2-3-9(10)15)11-5-22(19,20)6-12(11)21-13/h2-4,11-12H,5-6H2,1H3/t11-,12-/m1/s1. The van der Waals surface area contributed by atoms with Crippen molar-refractivity contribution in [2.75, 3.05) is 16.4 Å². The molecule has 0 bridgehead atoms. The molecule has 2 aliphatic rings. The van der Waals surface area contributed by atoms with Gasteiger partial charge < -0.3 is 4.90 Å². The first-order chi connectivity index (χ1) is 10.3. The fraction of sp³-hybridized carbons (Fsp3) is 0.385. The number of carbonyl (C=O) groups excluding carboxylic acids is 1. The second-order valence-corrected chi connectivity index (χ2v) is 9.38. The lowest BCUT2D eigenvalue weighted by molar-refractivity contribution is -0.115. The molecule has 22 heavy (non-hydrogen) atoms. The SMILES string of the molecule is CC(=O)N=C1S[C@@H]2CS(=O)(=O)C[C@H]2N1c1cc(Cl)ccc1Cl. The predicted octanol–water partition coefficient (Wildman–Crippen LogP) is 2.61. The molecule has 2 saturated heterocycles. The largest absolute Gasteiger partial charge is 0.314 e. The van der Waals surface area contributed by atoms with Gasteiger partial charge in [0.25, 0.3) is 0 Å². The summed E-state index contributed by atoms with van der Waals surface area (Å²) in [6.07, 6.45) is 0. The third-order valence-corrected chi connectivity index (χ3v) is 7.25. The molecule has 2 aliphatic heterocycles. The highest BCUT2D eigenvalue weighted by molar-refractivity contribution is 8.16. The number of hydrogen-bond donors (Lipinski definition) is 0. The number of nitrogens with zero attached hydrogens (tertiary/aromatic N) is 2. The van der Waals surface area contributed by atoms with Gasteiger partial charge in [0.2, 0.25) is 5.91 Å². The van der Waals surface area contributed by atoms with E-state index >= 15 is 0 Å². The minimum absolute atomic E-state index is 0.0183. The second kappa shape index (κ2) is 5.70. The van der Waals surface area contributed by atoms with Crippen LogP contribution in [0.25, 0.3) is 0 Å². The molecule has 5 nitrogen and oxygen atoms in total. The summed E-state index contributed by atoms with van der Waals surface area (Å²) in [5.74, 6) is -0.244. The molecule has 0 aliphatic carbocycles. The van der Waals surface area contributed by atoms with Crippen LogP contribution in [0.15, 0.2) is 23.2 Å². The molecular formula is C13H12Cl2N2O3S2. The molecule has 0 unspecified atom stereocenters. The van der Waals surface area contributed by atoms with Gasteiger partial charge in [-0.3, -0.25) is 4.79 Å². The summed E-state index contributed by atoms with van der Waals surface area (Å²) in [5.41, 5.74) is 0.575. The molecule has 0 spiro atoms. The molecule has 0 aromatic heterocycles. The maximum absolute atomic E-state index is 11.9. The van der Waals surface area contributed by atoms with E-state index in [0.717, 1.165) is 0 Å². The Morgan fingerprint density at radius 3 is 2.77 bits per heavy atom. The van der Waals surface area contributed by atoms with Crippen molar-refractivity contribution in [2.24, 2.45) is 4.99 Å². The highest BCUT2D eigenvalue weighted by Crippen LogP contribution is 2.43. The van der Waals surface area contributed by atoms with Crippen molar-refractivity contribution < 1.29 is 13.2 Å². The van der Waals surface area contributed by atoms with Crippen molar-refractivity contribution >= 4 is 61.6 Å². The van der Waals surface area contributed by atoms with Gasteiger partial charge in [0.15, 0.2) is 15.0 Å². The van der Waals surface area contributed by atoms with Crippen molar-refractivity contribution in [3.63, 3.8) is 0 Å². The zero-order valence-corrected chi connectivity index (χ0v) is 14.6. The zero-order chi connectivity index (χ0) is 16.1. The number of rotatable bonds is 1. The summed E-state index contributed by atoms with van der Waals surface area (Å²) >= 11 is 13.6. The van der Waals surface area contributed by atoms with Gasteiger partial charge >= 0.3 is 0 Å². The number of halogens is 2. The van der Waals surface area contributed by atoms with Crippen LogP contribution in [0.3, 0.4) is 0 Å². The first kappa shape index (κ1) is 16.1. The van der Waals surface area contributed by atoms with Gasteiger partial charge in [-0.1, -0.05) is 35.0 Å². The molecule has 1 amide bonds. The van der Waals surface area contributed by atoms with E-state index in [4.69, 9.17) is 23.2 Å². The molecule has 118 valence electrons. The highest BCUT2D eigenvalue weighted by atomic mass is 35.5. The third-order valence-electron chi connectivity index (χ3n) is 3.49. The Bertz CT molecular complexity index is 779. The van der Waals surface area contributed by atoms with Crippen LogP contribution in [0, 0.1) is 0 Å². The van der Waals surface area contributed by atoms with Gasteiger partial charge in [-0.15, -0.1) is 0 Å².